The minimum absolute atomic E-state index is 0.0323. The summed E-state index contributed by atoms with van der Waals surface area (Å²) in [7, 11) is 0. The van der Waals surface area contributed by atoms with Crippen LogP contribution in [0.5, 0.6) is 0 Å². The second-order valence-electron chi connectivity index (χ2n) is 7.22. The molecule has 1 aromatic rings. The standard InChI is InChI=1S/C20H27N3O7/c1-11(2)8-13(17(25)16(19(27)28)20(29)30)23-18(26)14(22-15(24)10-21)9-12-6-4-3-5-7-12/h3-7,11,13-14,16H,8-10,21H2,1-2H3,(H,22,24)(H,23,26)(H,27,28)(H,29,30). The largest absolute Gasteiger partial charge is 0.480 e. The Bertz CT molecular complexity index is 766. The zero-order valence-corrected chi connectivity index (χ0v) is 16.8. The van der Waals surface area contributed by atoms with E-state index in [1.807, 2.05) is 0 Å². The Balaban J connectivity index is 3.11. The fourth-order valence-electron chi connectivity index (χ4n) is 2.85. The van der Waals surface area contributed by atoms with E-state index in [0.717, 1.165) is 5.56 Å². The number of nitrogens with two attached hydrogens (primary N) is 1. The highest BCUT2D eigenvalue weighted by Gasteiger charge is 2.39. The summed E-state index contributed by atoms with van der Waals surface area (Å²) in [5.41, 5.74) is 6.04. The molecule has 0 aliphatic rings. The number of hydrogen-bond acceptors (Lipinski definition) is 6. The first-order valence-corrected chi connectivity index (χ1v) is 9.39. The Morgan fingerprint density at radius 1 is 0.933 bits per heavy atom. The van der Waals surface area contributed by atoms with Gasteiger partial charge in [-0.1, -0.05) is 44.2 Å². The number of carboxylic acid groups (broad SMARTS) is 2. The number of nitrogens with one attached hydrogen (secondary N) is 2. The van der Waals surface area contributed by atoms with Crippen molar-refractivity contribution in [1.29, 1.82) is 0 Å². The minimum Gasteiger partial charge on any atom is -0.480 e. The van der Waals surface area contributed by atoms with Crippen molar-refractivity contribution < 1.29 is 34.2 Å². The van der Waals surface area contributed by atoms with E-state index in [-0.39, 0.29) is 25.3 Å². The van der Waals surface area contributed by atoms with Crippen molar-refractivity contribution in [2.24, 2.45) is 17.6 Å². The molecule has 30 heavy (non-hydrogen) atoms. The lowest BCUT2D eigenvalue weighted by atomic mass is 9.91. The van der Waals surface area contributed by atoms with Crippen molar-refractivity contribution in [1.82, 2.24) is 10.6 Å². The van der Waals surface area contributed by atoms with Crippen molar-refractivity contribution in [2.75, 3.05) is 6.54 Å². The average molecular weight is 421 g/mol. The van der Waals surface area contributed by atoms with Gasteiger partial charge in [-0.25, -0.2) is 0 Å². The third-order valence-electron chi connectivity index (χ3n) is 4.27. The molecule has 0 aliphatic heterocycles. The number of amides is 2. The Kier molecular flexibility index (Phi) is 9.63. The van der Waals surface area contributed by atoms with Crippen molar-refractivity contribution >= 4 is 29.5 Å². The second-order valence-corrected chi connectivity index (χ2v) is 7.22. The quantitative estimate of drug-likeness (QED) is 0.282. The maximum atomic E-state index is 12.8. The molecule has 0 spiro atoms. The molecule has 1 rings (SSSR count). The van der Waals surface area contributed by atoms with Gasteiger partial charge in [0.1, 0.15) is 6.04 Å². The van der Waals surface area contributed by atoms with Crippen molar-refractivity contribution in [3.05, 3.63) is 35.9 Å². The highest BCUT2D eigenvalue weighted by atomic mass is 16.4. The summed E-state index contributed by atoms with van der Waals surface area (Å²) in [5.74, 6) is -8.55. The van der Waals surface area contributed by atoms with Crippen LogP contribution in [0.1, 0.15) is 25.8 Å². The number of Topliss-reactive ketones (excluding diaryl/α,β-unsaturated/α-hetero) is 1. The minimum atomic E-state index is -2.31. The molecule has 2 amide bonds. The summed E-state index contributed by atoms with van der Waals surface area (Å²) in [5, 5.41) is 23.1. The lowest BCUT2D eigenvalue weighted by molar-refractivity contribution is -0.158. The molecule has 0 radical (unpaired) electrons. The van der Waals surface area contributed by atoms with Crippen molar-refractivity contribution in [3.63, 3.8) is 0 Å². The van der Waals surface area contributed by atoms with Crippen LogP contribution >= 0.6 is 0 Å². The van der Waals surface area contributed by atoms with Crippen LogP contribution in [-0.2, 0) is 30.4 Å². The molecule has 1 aromatic carbocycles. The molecule has 0 bridgehead atoms. The zero-order chi connectivity index (χ0) is 22.8. The number of carboxylic acids is 2. The topological polar surface area (TPSA) is 176 Å². The third kappa shape index (κ3) is 7.63. The smallest absolute Gasteiger partial charge is 0.325 e. The number of hydrogen-bond donors (Lipinski definition) is 5. The van der Waals surface area contributed by atoms with Gasteiger partial charge in [0.15, 0.2) is 5.78 Å². The van der Waals surface area contributed by atoms with Gasteiger partial charge >= 0.3 is 11.9 Å². The molecule has 2 atom stereocenters. The first-order chi connectivity index (χ1) is 14.1. The van der Waals surface area contributed by atoms with Gasteiger partial charge < -0.3 is 26.6 Å². The van der Waals surface area contributed by atoms with Gasteiger partial charge in [-0.05, 0) is 17.9 Å². The molecule has 6 N–H and O–H groups in total. The molecule has 0 saturated carbocycles. The van der Waals surface area contributed by atoms with E-state index >= 15 is 0 Å². The summed E-state index contributed by atoms with van der Waals surface area (Å²) in [4.78, 5) is 59.6. The van der Waals surface area contributed by atoms with Crippen LogP contribution in [0.25, 0.3) is 0 Å². The summed E-state index contributed by atoms with van der Waals surface area (Å²) in [6.07, 6.45) is 0.132. The number of rotatable bonds is 12. The van der Waals surface area contributed by atoms with E-state index in [9.17, 15) is 24.0 Å². The first-order valence-electron chi connectivity index (χ1n) is 9.39. The third-order valence-corrected chi connectivity index (χ3v) is 4.27. The Morgan fingerprint density at radius 2 is 1.50 bits per heavy atom. The fraction of sp³-hybridized carbons (Fsp3) is 0.450. The SMILES string of the molecule is CC(C)CC(NC(=O)C(Cc1ccccc1)NC(=O)CN)C(=O)C(C(=O)O)C(=O)O. The van der Waals surface area contributed by atoms with Crippen LogP contribution in [0.4, 0.5) is 0 Å². The van der Waals surface area contributed by atoms with Gasteiger partial charge in [0.05, 0.1) is 12.6 Å². The molecule has 0 aliphatic carbocycles. The normalized spacial score (nSPS) is 12.8. The van der Waals surface area contributed by atoms with Gasteiger partial charge in [-0.2, -0.15) is 0 Å². The number of benzene rings is 1. The van der Waals surface area contributed by atoms with Gasteiger partial charge in [0, 0.05) is 6.42 Å². The van der Waals surface area contributed by atoms with Gasteiger partial charge in [0.2, 0.25) is 17.7 Å². The van der Waals surface area contributed by atoms with Crippen LogP contribution < -0.4 is 16.4 Å². The Morgan fingerprint density at radius 3 is 1.97 bits per heavy atom. The molecular weight excluding hydrogens is 394 g/mol. The number of carbonyl (C=O) groups is 5. The number of ketones is 1. The van der Waals surface area contributed by atoms with E-state index in [2.05, 4.69) is 10.6 Å². The van der Waals surface area contributed by atoms with Crippen molar-refractivity contribution in [3.8, 4) is 0 Å². The van der Waals surface area contributed by atoms with Gasteiger partial charge in [0.25, 0.3) is 0 Å². The van der Waals surface area contributed by atoms with Crippen molar-refractivity contribution in [2.45, 2.75) is 38.8 Å². The molecule has 10 heteroatoms. The predicted octanol–water partition coefficient (Wildman–Crippen LogP) is -0.442. The van der Waals surface area contributed by atoms with Crippen LogP contribution in [0.2, 0.25) is 0 Å². The van der Waals surface area contributed by atoms with Gasteiger partial charge in [-0.3, -0.25) is 24.0 Å². The van der Waals surface area contributed by atoms with E-state index in [0.29, 0.717) is 0 Å². The zero-order valence-electron chi connectivity index (χ0n) is 16.8. The monoisotopic (exact) mass is 421 g/mol. The highest BCUT2D eigenvalue weighted by Crippen LogP contribution is 2.13. The average Bonchev–Trinajstić information content (AvgIpc) is 2.66. The second kappa shape index (κ2) is 11.7. The lowest BCUT2D eigenvalue weighted by Crippen LogP contribution is -2.55. The summed E-state index contributed by atoms with van der Waals surface area (Å²) < 4.78 is 0. The summed E-state index contributed by atoms with van der Waals surface area (Å²) in [6, 6.07) is 6.36. The molecule has 164 valence electrons. The number of carbonyl (C=O) groups excluding carboxylic acids is 3. The van der Waals surface area contributed by atoms with Crippen LogP contribution in [-0.4, -0.2) is 58.4 Å². The molecule has 0 fully saturated rings. The number of aliphatic carboxylic acids is 2. The molecule has 2 unspecified atom stereocenters. The summed E-state index contributed by atoms with van der Waals surface area (Å²) >= 11 is 0. The molecule has 0 heterocycles. The van der Waals surface area contributed by atoms with E-state index < -0.39 is 47.5 Å². The highest BCUT2D eigenvalue weighted by molar-refractivity contribution is 6.16. The Labute approximate surface area is 173 Å². The van der Waals surface area contributed by atoms with E-state index in [4.69, 9.17) is 15.9 Å². The first kappa shape index (κ1) is 24.8. The van der Waals surface area contributed by atoms with Gasteiger partial charge in [-0.15, -0.1) is 0 Å². The Hall–Kier alpha value is -3.27. The van der Waals surface area contributed by atoms with E-state index in [1.165, 1.54) is 0 Å². The van der Waals surface area contributed by atoms with Crippen LogP contribution in [0.3, 0.4) is 0 Å². The van der Waals surface area contributed by atoms with Crippen LogP contribution in [0, 0.1) is 11.8 Å². The maximum Gasteiger partial charge on any atom is 0.325 e. The predicted molar refractivity (Wildman–Crippen MR) is 106 cm³/mol. The summed E-state index contributed by atoms with van der Waals surface area (Å²) in [6.45, 7) is 3.12. The molecule has 0 saturated heterocycles. The van der Waals surface area contributed by atoms with Crippen LogP contribution in [0.15, 0.2) is 30.3 Å². The maximum absolute atomic E-state index is 12.8. The molecular formula is C20H27N3O7. The molecule has 0 aromatic heterocycles. The fourth-order valence-corrected chi connectivity index (χ4v) is 2.85. The molecule has 10 nitrogen and oxygen atoms in total. The van der Waals surface area contributed by atoms with E-state index in [1.54, 1.807) is 44.2 Å². The lowest BCUT2D eigenvalue weighted by Gasteiger charge is -2.25.